The third kappa shape index (κ3) is 4.13. The fraction of sp³-hybridized carbons (Fsp3) is 0.417. The minimum absolute atomic E-state index is 0.208. The first-order valence-electron chi connectivity index (χ1n) is 5.18. The molecule has 0 fully saturated rings. The van der Waals surface area contributed by atoms with E-state index in [2.05, 4.69) is 5.32 Å². The van der Waals surface area contributed by atoms with Crippen molar-refractivity contribution in [1.82, 2.24) is 5.32 Å². The number of hydrogen-bond donors (Lipinski definition) is 1. The third-order valence-electron chi connectivity index (χ3n) is 2.09. The van der Waals surface area contributed by atoms with Crippen LogP contribution in [0.15, 0.2) is 30.3 Å². The van der Waals surface area contributed by atoms with Gasteiger partial charge in [0.25, 0.3) is 0 Å². The lowest BCUT2D eigenvalue weighted by molar-refractivity contribution is -0.147. The molecule has 0 aliphatic rings. The van der Waals surface area contributed by atoms with Gasteiger partial charge in [-0.25, -0.2) is 0 Å². The predicted octanol–water partition coefficient (Wildman–Crippen LogP) is 1.73. The average molecular weight is 207 g/mol. The molecule has 1 atom stereocenters. The summed E-state index contributed by atoms with van der Waals surface area (Å²) < 4.78 is 5.14. The summed E-state index contributed by atoms with van der Waals surface area (Å²) in [6, 6.07) is 9.43. The molecule has 3 heteroatoms. The maximum Gasteiger partial charge on any atom is 0.323 e. The van der Waals surface area contributed by atoms with Crippen molar-refractivity contribution in [3.05, 3.63) is 35.9 Å². The fourth-order valence-corrected chi connectivity index (χ4v) is 1.24. The predicted molar refractivity (Wildman–Crippen MR) is 59.4 cm³/mol. The molecule has 1 aromatic rings. The number of carbonyl (C=O) groups excluding carboxylic acids is 1. The zero-order chi connectivity index (χ0) is 11.1. The van der Waals surface area contributed by atoms with E-state index in [1.54, 1.807) is 6.92 Å². The molecule has 0 amide bonds. The van der Waals surface area contributed by atoms with Crippen LogP contribution in [0.5, 0.6) is 0 Å². The second-order valence-corrected chi connectivity index (χ2v) is 3.37. The molecule has 0 heterocycles. The number of hydrogen-bond acceptors (Lipinski definition) is 3. The van der Waals surface area contributed by atoms with Crippen LogP contribution in [0.3, 0.4) is 0 Å². The number of carbonyl (C=O) groups is 1. The Bertz CT molecular complexity index is 298. The maximum absolute atomic E-state index is 11.4. The van der Waals surface area contributed by atoms with Crippen LogP contribution in [-0.2, 0) is 16.1 Å². The second-order valence-electron chi connectivity index (χ2n) is 3.37. The van der Waals surface area contributed by atoms with Crippen LogP contribution < -0.4 is 5.32 Å². The van der Waals surface area contributed by atoms with Gasteiger partial charge in [0.15, 0.2) is 0 Å². The SMILES string of the molecule is CCN[C@@H](C)C(=O)OCc1ccccc1. The molecular formula is C12H17NO2. The first-order chi connectivity index (χ1) is 7.24. The molecule has 0 saturated carbocycles. The van der Waals surface area contributed by atoms with Gasteiger partial charge < -0.3 is 10.1 Å². The molecule has 0 aliphatic heterocycles. The van der Waals surface area contributed by atoms with Gasteiger partial charge in [0, 0.05) is 0 Å². The van der Waals surface area contributed by atoms with E-state index in [-0.39, 0.29) is 12.0 Å². The van der Waals surface area contributed by atoms with Gasteiger partial charge in [-0.1, -0.05) is 37.3 Å². The number of rotatable bonds is 5. The number of likely N-dealkylation sites (N-methyl/N-ethyl adjacent to an activating group) is 1. The van der Waals surface area contributed by atoms with Crippen LogP contribution >= 0.6 is 0 Å². The largest absolute Gasteiger partial charge is 0.460 e. The van der Waals surface area contributed by atoms with Gasteiger partial charge in [0.2, 0.25) is 0 Å². The average Bonchev–Trinajstić information content (AvgIpc) is 2.27. The Morgan fingerprint density at radius 2 is 2.07 bits per heavy atom. The van der Waals surface area contributed by atoms with Gasteiger partial charge in [0.1, 0.15) is 12.6 Å². The highest BCUT2D eigenvalue weighted by molar-refractivity contribution is 5.75. The van der Waals surface area contributed by atoms with Gasteiger partial charge in [-0.15, -0.1) is 0 Å². The zero-order valence-corrected chi connectivity index (χ0v) is 9.19. The highest BCUT2D eigenvalue weighted by atomic mass is 16.5. The van der Waals surface area contributed by atoms with E-state index in [9.17, 15) is 4.79 Å². The fourth-order valence-electron chi connectivity index (χ4n) is 1.24. The first kappa shape index (κ1) is 11.7. The Balaban J connectivity index is 2.34. The smallest absolute Gasteiger partial charge is 0.323 e. The van der Waals surface area contributed by atoms with Crippen molar-refractivity contribution in [2.24, 2.45) is 0 Å². The molecule has 3 nitrogen and oxygen atoms in total. The van der Waals surface area contributed by atoms with Crippen molar-refractivity contribution >= 4 is 5.97 Å². The van der Waals surface area contributed by atoms with Crippen LogP contribution in [0.1, 0.15) is 19.4 Å². The van der Waals surface area contributed by atoms with Crippen LogP contribution in [0.4, 0.5) is 0 Å². The minimum Gasteiger partial charge on any atom is -0.460 e. The maximum atomic E-state index is 11.4. The summed E-state index contributed by atoms with van der Waals surface area (Å²) in [5.74, 6) is -0.208. The van der Waals surface area contributed by atoms with Crippen molar-refractivity contribution < 1.29 is 9.53 Å². The summed E-state index contributed by atoms with van der Waals surface area (Å²) in [6.07, 6.45) is 0. The molecule has 82 valence electrons. The molecule has 1 N–H and O–H groups in total. The van der Waals surface area contributed by atoms with Gasteiger partial charge in [-0.05, 0) is 19.0 Å². The Morgan fingerprint density at radius 1 is 1.40 bits per heavy atom. The van der Waals surface area contributed by atoms with Gasteiger partial charge in [-0.2, -0.15) is 0 Å². The molecule has 0 saturated heterocycles. The summed E-state index contributed by atoms with van der Waals surface area (Å²) in [7, 11) is 0. The van der Waals surface area contributed by atoms with E-state index >= 15 is 0 Å². The molecular weight excluding hydrogens is 190 g/mol. The van der Waals surface area contributed by atoms with Crippen LogP contribution in [0.25, 0.3) is 0 Å². The Hall–Kier alpha value is -1.35. The third-order valence-corrected chi connectivity index (χ3v) is 2.09. The zero-order valence-electron chi connectivity index (χ0n) is 9.19. The van der Waals surface area contributed by atoms with Crippen molar-refractivity contribution in [2.75, 3.05) is 6.54 Å². The standard InChI is InChI=1S/C12H17NO2/c1-3-13-10(2)12(14)15-9-11-7-5-4-6-8-11/h4-8,10,13H,3,9H2,1-2H3/t10-/m0/s1. The quantitative estimate of drug-likeness (QED) is 0.747. The molecule has 0 radical (unpaired) electrons. The lowest BCUT2D eigenvalue weighted by atomic mass is 10.2. The van der Waals surface area contributed by atoms with Crippen LogP contribution in [-0.4, -0.2) is 18.6 Å². The molecule has 0 bridgehead atoms. The van der Waals surface area contributed by atoms with E-state index in [1.807, 2.05) is 37.3 Å². The van der Waals surface area contributed by atoms with Crippen LogP contribution in [0.2, 0.25) is 0 Å². The summed E-state index contributed by atoms with van der Waals surface area (Å²) in [5.41, 5.74) is 1.01. The molecule has 1 aromatic carbocycles. The van der Waals surface area contributed by atoms with Crippen molar-refractivity contribution in [1.29, 1.82) is 0 Å². The topological polar surface area (TPSA) is 38.3 Å². The van der Waals surface area contributed by atoms with Crippen LogP contribution in [0, 0.1) is 0 Å². The second kappa shape index (κ2) is 6.19. The van der Waals surface area contributed by atoms with Gasteiger partial charge in [-0.3, -0.25) is 4.79 Å². The highest BCUT2D eigenvalue weighted by Gasteiger charge is 2.12. The number of esters is 1. The number of ether oxygens (including phenoxy) is 1. The summed E-state index contributed by atoms with van der Waals surface area (Å²) in [5, 5.41) is 3.01. The van der Waals surface area contributed by atoms with E-state index in [1.165, 1.54) is 0 Å². The van der Waals surface area contributed by atoms with E-state index in [4.69, 9.17) is 4.74 Å². The summed E-state index contributed by atoms with van der Waals surface area (Å²) >= 11 is 0. The van der Waals surface area contributed by atoms with Crippen molar-refractivity contribution in [3.8, 4) is 0 Å². The molecule has 1 rings (SSSR count). The number of nitrogens with one attached hydrogen (secondary N) is 1. The van der Waals surface area contributed by atoms with Gasteiger partial charge in [0.05, 0.1) is 0 Å². The summed E-state index contributed by atoms with van der Waals surface area (Å²) in [4.78, 5) is 11.4. The Labute approximate surface area is 90.4 Å². The van der Waals surface area contributed by atoms with E-state index < -0.39 is 0 Å². The molecule has 0 aliphatic carbocycles. The van der Waals surface area contributed by atoms with Crippen molar-refractivity contribution in [2.45, 2.75) is 26.5 Å². The monoisotopic (exact) mass is 207 g/mol. The number of benzene rings is 1. The Morgan fingerprint density at radius 3 is 2.67 bits per heavy atom. The molecule has 15 heavy (non-hydrogen) atoms. The lowest BCUT2D eigenvalue weighted by Crippen LogP contribution is -2.34. The Kier molecular flexibility index (Phi) is 4.84. The molecule has 0 aromatic heterocycles. The van der Waals surface area contributed by atoms with E-state index in [0.717, 1.165) is 12.1 Å². The minimum atomic E-state index is -0.237. The molecule has 0 spiro atoms. The van der Waals surface area contributed by atoms with E-state index in [0.29, 0.717) is 6.61 Å². The first-order valence-corrected chi connectivity index (χ1v) is 5.18. The van der Waals surface area contributed by atoms with Crippen molar-refractivity contribution in [3.63, 3.8) is 0 Å². The molecule has 0 unspecified atom stereocenters. The van der Waals surface area contributed by atoms with Gasteiger partial charge >= 0.3 is 5.97 Å². The lowest BCUT2D eigenvalue weighted by Gasteiger charge is -2.11. The highest BCUT2D eigenvalue weighted by Crippen LogP contribution is 2.01. The normalized spacial score (nSPS) is 12.1. The summed E-state index contributed by atoms with van der Waals surface area (Å²) in [6.45, 7) is 4.87.